The maximum absolute atomic E-state index is 6.69. The van der Waals surface area contributed by atoms with Crippen LogP contribution in [-0.4, -0.2) is 36.1 Å². The molecule has 0 spiro atoms. The van der Waals surface area contributed by atoms with Gasteiger partial charge in [0, 0.05) is 26.6 Å². The van der Waals surface area contributed by atoms with E-state index in [9.17, 15) is 0 Å². The molecule has 2 aromatic heterocycles. The first-order valence-corrected chi connectivity index (χ1v) is 12.1. The van der Waals surface area contributed by atoms with Crippen molar-refractivity contribution in [1.29, 1.82) is 0 Å². The minimum Gasteiger partial charge on any atom is -0.493 e. The summed E-state index contributed by atoms with van der Waals surface area (Å²) in [4.78, 5) is 5.56. The molecule has 1 N–H and O–H groups in total. The van der Waals surface area contributed by atoms with Crippen LogP contribution in [-0.2, 0) is 0 Å². The first-order valence-electron chi connectivity index (χ1n) is 10.8. The van der Waals surface area contributed by atoms with Crippen molar-refractivity contribution in [3.63, 3.8) is 0 Å². The molecule has 0 fully saturated rings. The molecule has 35 heavy (non-hydrogen) atoms. The van der Waals surface area contributed by atoms with Gasteiger partial charge in [-0.05, 0) is 41.8 Å². The van der Waals surface area contributed by atoms with E-state index >= 15 is 0 Å². The van der Waals surface area contributed by atoms with Crippen LogP contribution in [0.15, 0.2) is 59.7 Å². The Balaban J connectivity index is 1.65. The number of nitrogens with zero attached hydrogens (tertiary/aromatic N) is 3. The normalized spacial score (nSPS) is 18.1. The minimum atomic E-state index is -0.523. The second-order valence-corrected chi connectivity index (χ2v) is 9.38. The first-order chi connectivity index (χ1) is 17.1. The summed E-state index contributed by atoms with van der Waals surface area (Å²) in [6, 6.07) is 13.3. The highest BCUT2D eigenvalue weighted by atomic mass is 35.5. The molecule has 4 aromatic rings. The van der Waals surface area contributed by atoms with E-state index in [0.717, 1.165) is 27.3 Å². The van der Waals surface area contributed by atoms with Crippen LogP contribution < -0.4 is 24.3 Å². The molecule has 2 aliphatic rings. The highest BCUT2D eigenvalue weighted by Crippen LogP contribution is 2.54. The van der Waals surface area contributed by atoms with Crippen LogP contribution in [0.25, 0.3) is 5.70 Å². The smallest absolute Gasteiger partial charge is 0.226 e. The molecule has 4 heterocycles. The Morgan fingerprint density at radius 1 is 1.06 bits per heavy atom. The van der Waals surface area contributed by atoms with Gasteiger partial charge in [0.25, 0.3) is 0 Å². The van der Waals surface area contributed by atoms with E-state index in [4.69, 9.17) is 30.5 Å². The standard InChI is InChI=1S/C25H21ClN4O4S/c1-31-17-9-7-14(23(32-2)24(17)33-3)22-19-20(15-11-13(26)6-8-16(15)34-22)29-25-27-12-28-30(25)21(19)18-5-4-10-35-18/h4-12,21-22H,1-3H3,(H,27,28,29). The molecular weight excluding hydrogens is 488 g/mol. The zero-order valence-corrected chi connectivity index (χ0v) is 20.7. The Morgan fingerprint density at radius 3 is 2.66 bits per heavy atom. The summed E-state index contributed by atoms with van der Waals surface area (Å²) >= 11 is 8.06. The van der Waals surface area contributed by atoms with Crippen molar-refractivity contribution in [2.75, 3.05) is 26.6 Å². The molecule has 2 aromatic carbocycles. The monoisotopic (exact) mass is 508 g/mol. The Bertz CT molecular complexity index is 1450. The number of thiophene rings is 1. The molecule has 0 radical (unpaired) electrons. The predicted octanol–water partition coefficient (Wildman–Crippen LogP) is 5.58. The van der Waals surface area contributed by atoms with Gasteiger partial charge in [0.1, 0.15) is 18.1 Å². The zero-order chi connectivity index (χ0) is 24.1. The van der Waals surface area contributed by atoms with E-state index in [-0.39, 0.29) is 6.04 Å². The number of rotatable bonds is 5. The molecule has 10 heteroatoms. The summed E-state index contributed by atoms with van der Waals surface area (Å²) in [6.45, 7) is 0. The number of halogens is 1. The third-order valence-corrected chi connectivity index (χ3v) is 7.37. The van der Waals surface area contributed by atoms with Gasteiger partial charge in [-0.3, -0.25) is 0 Å². The fraction of sp³-hybridized carbons (Fsp3) is 0.200. The van der Waals surface area contributed by atoms with Gasteiger partial charge in [-0.15, -0.1) is 11.3 Å². The highest BCUT2D eigenvalue weighted by molar-refractivity contribution is 7.10. The number of nitrogens with one attached hydrogen (secondary N) is 1. The van der Waals surface area contributed by atoms with Gasteiger partial charge < -0.3 is 24.3 Å². The number of anilines is 1. The lowest BCUT2D eigenvalue weighted by molar-refractivity contribution is 0.215. The Labute approximate surface area is 210 Å². The number of benzene rings is 2. The van der Waals surface area contributed by atoms with Crippen LogP contribution >= 0.6 is 22.9 Å². The lowest BCUT2D eigenvalue weighted by Crippen LogP contribution is -2.32. The molecule has 0 bridgehead atoms. The fourth-order valence-corrected chi connectivity index (χ4v) is 5.75. The summed E-state index contributed by atoms with van der Waals surface area (Å²) in [6.07, 6.45) is 1.03. The largest absolute Gasteiger partial charge is 0.493 e. The van der Waals surface area contributed by atoms with Gasteiger partial charge in [-0.2, -0.15) is 10.1 Å². The number of fused-ring (bicyclic) bond motifs is 3. The minimum absolute atomic E-state index is 0.251. The van der Waals surface area contributed by atoms with Crippen molar-refractivity contribution >= 4 is 34.6 Å². The van der Waals surface area contributed by atoms with Gasteiger partial charge in [0.2, 0.25) is 11.7 Å². The number of hydrogen-bond donors (Lipinski definition) is 1. The van der Waals surface area contributed by atoms with Gasteiger partial charge in [0.05, 0.1) is 27.0 Å². The molecule has 6 rings (SSSR count). The first kappa shape index (κ1) is 21.8. The number of hydrogen-bond acceptors (Lipinski definition) is 8. The molecule has 2 atom stereocenters. The predicted molar refractivity (Wildman–Crippen MR) is 134 cm³/mol. The molecule has 2 unspecified atom stereocenters. The van der Waals surface area contributed by atoms with E-state index in [1.165, 1.54) is 0 Å². The van der Waals surface area contributed by atoms with Gasteiger partial charge in [-0.1, -0.05) is 17.7 Å². The second kappa shape index (κ2) is 8.51. The number of methoxy groups -OCH3 is 3. The fourth-order valence-electron chi connectivity index (χ4n) is 4.75. The van der Waals surface area contributed by atoms with Crippen molar-refractivity contribution in [1.82, 2.24) is 14.8 Å². The van der Waals surface area contributed by atoms with E-state index in [1.807, 2.05) is 41.1 Å². The maximum Gasteiger partial charge on any atom is 0.226 e. The van der Waals surface area contributed by atoms with Crippen molar-refractivity contribution in [2.45, 2.75) is 12.1 Å². The third-order valence-electron chi connectivity index (χ3n) is 6.21. The quantitative estimate of drug-likeness (QED) is 0.377. The van der Waals surface area contributed by atoms with Gasteiger partial charge in [-0.25, -0.2) is 4.68 Å². The van der Waals surface area contributed by atoms with Crippen LogP contribution in [0, 0.1) is 0 Å². The van der Waals surface area contributed by atoms with Crippen LogP contribution in [0.1, 0.15) is 28.1 Å². The molecule has 0 aliphatic carbocycles. The van der Waals surface area contributed by atoms with Gasteiger partial charge in [0.15, 0.2) is 17.6 Å². The summed E-state index contributed by atoms with van der Waals surface area (Å²) in [7, 11) is 4.79. The van der Waals surface area contributed by atoms with E-state index in [1.54, 1.807) is 39.0 Å². The molecule has 0 saturated heterocycles. The summed E-state index contributed by atoms with van der Waals surface area (Å²) in [5, 5.41) is 10.7. The third kappa shape index (κ3) is 3.34. The van der Waals surface area contributed by atoms with E-state index in [0.29, 0.717) is 34.0 Å². The Hall–Kier alpha value is -3.69. The molecule has 8 nitrogen and oxygen atoms in total. The highest BCUT2D eigenvalue weighted by Gasteiger charge is 2.43. The Morgan fingerprint density at radius 2 is 1.91 bits per heavy atom. The van der Waals surface area contributed by atoms with Gasteiger partial charge >= 0.3 is 0 Å². The second-order valence-electron chi connectivity index (χ2n) is 7.96. The summed E-state index contributed by atoms with van der Waals surface area (Å²) < 4.78 is 25.6. The van der Waals surface area contributed by atoms with Crippen molar-refractivity contribution in [2.24, 2.45) is 0 Å². The van der Waals surface area contributed by atoms with Crippen LogP contribution in [0.4, 0.5) is 5.95 Å². The SMILES string of the molecule is COc1ccc(C2Oc3ccc(Cl)cc3C3=C2C(c2cccs2)n2ncnc2N3)c(OC)c1OC. The molecule has 0 saturated carbocycles. The number of aromatic nitrogens is 3. The zero-order valence-electron chi connectivity index (χ0n) is 19.1. The van der Waals surface area contributed by atoms with Crippen LogP contribution in [0.2, 0.25) is 5.02 Å². The van der Waals surface area contributed by atoms with Crippen molar-refractivity contribution < 1.29 is 18.9 Å². The van der Waals surface area contributed by atoms with Crippen molar-refractivity contribution in [3.05, 3.63) is 80.8 Å². The lowest BCUT2D eigenvalue weighted by atomic mass is 9.86. The molecule has 0 amide bonds. The molecule has 2 aliphatic heterocycles. The van der Waals surface area contributed by atoms with E-state index < -0.39 is 6.10 Å². The molecular formula is C25H21ClN4O4S. The summed E-state index contributed by atoms with van der Waals surface area (Å²) in [5.41, 5.74) is 3.50. The Kier molecular flexibility index (Phi) is 5.31. The lowest BCUT2D eigenvalue weighted by Gasteiger charge is -2.39. The average Bonchev–Trinajstić information content (AvgIpc) is 3.58. The van der Waals surface area contributed by atoms with E-state index in [2.05, 4.69) is 26.8 Å². The maximum atomic E-state index is 6.69. The average molecular weight is 509 g/mol. The number of ether oxygens (including phenoxy) is 4. The topological polar surface area (TPSA) is 79.7 Å². The van der Waals surface area contributed by atoms with Crippen LogP contribution in [0.3, 0.4) is 0 Å². The summed E-state index contributed by atoms with van der Waals surface area (Å²) in [5.74, 6) is 2.95. The molecule has 178 valence electrons. The van der Waals surface area contributed by atoms with Crippen LogP contribution in [0.5, 0.6) is 23.0 Å². The van der Waals surface area contributed by atoms with Crippen molar-refractivity contribution in [3.8, 4) is 23.0 Å².